The average molecular weight is 236 g/mol. The van der Waals surface area contributed by atoms with Gasteiger partial charge < -0.3 is 9.67 Å². The van der Waals surface area contributed by atoms with Gasteiger partial charge in [-0.2, -0.15) is 0 Å². The molecule has 1 heterocycles. The number of thioether (sulfide) groups is 1. The lowest BCUT2D eigenvalue weighted by Crippen LogP contribution is -1.92. The summed E-state index contributed by atoms with van der Waals surface area (Å²) < 4.78 is 2.12. The van der Waals surface area contributed by atoms with Gasteiger partial charge in [0, 0.05) is 19.4 Å². The van der Waals surface area contributed by atoms with Gasteiger partial charge in [-0.1, -0.05) is 23.9 Å². The first-order valence-corrected chi connectivity index (χ1v) is 6.46. The van der Waals surface area contributed by atoms with E-state index in [0.29, 0.717) is 0 Å². The van der Waals surface area contributed by atoms with Crippen molar-refractivity contribution < 1.29 is 5.11 Å². The number of para-hydroxylation sites is 2. The Morgan fingerprint density at radius 2 is 2.12 bits per heavy atom. The van der Waals surface area contributed by atoms with Gasteiger partial charge in [-0.25, -0.2) is 4.98 Å². The third-order valence-electron chi connectivity index (χ3n) is 2.53. The van der Waals surface area contributed by atoms with E-state index in [2.05, 4.69) is 15.6 Å². The van der Waals surface area contributed by atoms with Crippen molar-refractivity contribution in [1.82, 2.24) is 9.55 Å². The Bertz CT molecular complexity index is 467. The maximum atomic E-state index is 8.70. The predicted molar refractivity (Wildman–Crippen MR) is 67.8 cm³/mol. The van der Waals surface area contributed by atoms with Gasteiger partial charge in [0.1, 0.15) is 0 Å². The van der Waals surface area contributed by atoms with Crippen LogP contribution in [0.2, 0.25) is 0 Å². The minimum absolute atomic E-state index is 0.281. The first-order chi connectivity index (χ1) is 7.83. The number of aryl methyl sites for hydroxylation is 1. The molecule has 0 radical (unpaired) electrons. The number of rotatable bonds is 5. The highest BCUT2D eigenvalue weighted by molar-refractivity contribution is 7.99. The van der Waals surface area contributed by atoms with E-state index in [4.69, 9.17) is 5.11 Å². The molecule has 0 spiro atoms. The fraction of sp³-hybridized carbons (Fsp3) is 0.417. The molecule has 0 aliphatic rings. The van der Waals surface area contributed by atoms with Crippen LogP contribution in [0.1, 0.15) is 12.8 Å². The van der Waals surface area contributed by atoms with Gasteiger partial charge in [-0.3, -0.25) is 0 Å². The highest BCUT2D eigenvalue weighted by Crippen LogP contribution is 2.23. The zero-order chi connectivity index (χ0) is 11.4. The molecule has 0 unspecified atom stereocenters. The molecule has 0 fully saturated rings. The maximum absolute atomic E-state index is 8.70. The second-order valence-electron chi connectivity index (χ2n) is 3.72. The topological polar surface area (TPSA) is 38.0 Å². The first-order valence-electron chi connectivity index (χ1n) is 5.48. The molecular weight excluding hydrogens is 220 g/mol. The Labute approximate surface area is 99.5 Å². The zero-order valence-corrected chi connectivity index (χ0v) is 10.2. The molecule has 0 saturated carbocycles. The van der Waals surface area contributed by atoms with E-state index in [9.17, 15) is 0 Å². The first kappa shape index (κ1) is 11.5. The Morgan fingerprint density at radius 1 is 1.31 bits per heavy atom. The summed E-state index contributed by atoms with van der Waals surface area (Å²) in [6, 6.07) is 8.16. The van der Waals surface area contributed by atoms with Crippen molar-refractivity contribution in [3.63, 3.8) is 0 Å². The fourth-order valence-corrected chi connectivity index (χ4v) is 2.62. The summed E-state index contributed by atoms with van der Waals surface area (Å²) in [6.07, 6.45) is 1.90. The number of imidazole rings is 1. The van der Waals surface area contributed by atoms with Crippen LogP contribution in [-0.2, 0) is 7.05 Å². The van der Waals surface area contributed by atoms with Crippen LogP contribution in [0.3, 0.4) is 0 Å². The number of aliphatic hydroxyl groups excluding tert-OH is 1. The van der Waals surface area contributed by atoms with Gasteiger partial charge in [-0.15, -0.1) is 0 Å². The molecule has 1 aromatic carbocycles. The van der Waals surface area contributed by atoms with Crippen molar-refractivity contribution in [3.05, 3.63) is 24.3 Å². The van der Waals surface area contributed by atoms with Crippen LogP contribution in [0.25, 0.3) is 11.0 Å². The van der Waals surface area contributed by atoms with Crippen molar-refractivity contribution in [2.24, 2.45) is 7.05 Å². The summed E-state index contributed by atoms with van der Waals surface area (Å²) in [6.45, 7) is 0.281. The van der Waals surface area contributed by atoms with E-state index in [0.717, 1.165) is 29.3 Å². The molecule has 0 atom stereocenters. The monoisotopic (exact) mass is 236 g/mol. The Balaban J connectivity index is 2.09. The molecule has 86 valence electrons. The summed E-state index contributed by atoms with van der Waals surface area (Å²) in [5, 5.41) is 9.76. The van der Waals surface area contributed by atoms with Crippen molar-refractivity contribution in [2.75, 3.05) is 12.4 Å². The van der Waals surface area contributed by atoms with E-state index >= 15 is 0 Å². The Hall–Kier alpha value is -1.00. The van der Waals surface area contributed by atoms with Gasteiger partial charge in [-0.05, 0) is 25.0 Å². The number of fused-ring (bicyclic) bond motifs is 1. The van der Waals surface area contributed by atoms with Gasteiger partial charge in [0.15, 0.2) is 5.16 Å². The number of hydrogen-bond acceptors (Lipinski definition) is 3. The van der Waals surface area contributed by atoms with Crippen molar-refractivity contribution in [1.29, 1.82) is 0 Å². The molecule has 0 amide bonds. The number of unbranched alkanes of at least 4 members (excludes halogenated alkanes) is 1. The lowest BCUT2D eigenvalue weighted by atomic mass is 10.3. The molecule has 1 N–H and O–H groups in total. The minimum Gasteiger partial charge on any atom is -0.396 e. The number of hydrogen-bond donors (Lipinski definition) is 1. The second kappa shape index (κ2) is 5.37. The SMILES string of the molecule is Cn1c(SCCCCO)nc2ccccc21. The van der Waals surface area contributed by atoms with Crippen LogP contribution < -0.4 is 0 Å². The summed E-state index contributed by atoms with van der Waals surface area (Å²) in [7, 11) is 2.05. The molecule has 2 aromatic rings. The molecule has 0 bridgehead atoms. The number of aromatic nitrogens is 2. The lowest BCUT2D eigenvalue weighted by molar-refractivity contribution is 0.287. The van der Waals surface area contributed by atoms with E-state index < -0.39 is 0 Å². The van der Waals surface area contributed by atoms with Crippen molar-refractivity contribution in [3.8, 4) is 0 Å². The average Bonchev–Trinajstić information content (AvgIpc) is 2.63. The molecule has 0 aliphatic carbocycles. The van der Waals surface area contributed by atoms with E-state index in [-0.39, 0.29) is 6.61 Å². The van der Waals surface area contributed by atoms with Gasteiger partial charge in [0.05, 0.1) is 11.0 Å². The van der Waals surface area contributed by atoms with Gasteiger partial charge in [0.2, 0.25) is 0 Å². The van der Waals surface area contributed by atoms with Gasteiger partial charge in [0.25, 0.3) is 0 Å². The molecule has 2 rings (SSSR count). The number of aliphatic hydroxyl groups is 1. The normalized spacial score (nSPS) is 11.1. The standard InChI is InChI=1S/C12H16N2OS/c1-14-11-7-3-2-6-10(11)13-12(14)16-9-5-4-8-15/h2-3,6-7,15H,4-5,8-9H2,1H3. The number of nitrogens with zero attached hydrogens (tertiary/aromatic N) is 2. The highest BCUT2D eigenvalue weighted by atomic mass is 32.2. The lowest BCUT2D eigenvalue weighted by Gasteiger charge is -2.01. The highest BCUT2D eigenvalue weighted by Gasteiger charge is 2.06. The smallest absolute Gasteiger partial charge is 0.168 e. The quantitative estimate of drug-likeness (QED) is 0.640. The van der Waals surface area contributed by atoms with Crippen molar-refractivity contribution >= 4 is 22.8 Å². The summed E-state index contributed by atoms with van der Waals surface area (Å²) in [4.78, 5) is 4.57. The van der Waals surface area contributed by atoms with Crippen LogP contribution in [0.5, 0.6) is 0 Å². The molecule has 0 aliphatic heterocycles. The van der Waals surface area contributed by atoms with Crippen LogP contribution in [0.15, 0.2) is 29.4 Å². The summed E-state index contributed by atoms with van der Waals surface area (Å²) in [5.41, 5.74) is 2.22. The third kappa shape index (κ3) is 2.39. The van der Waals surface area contributed by atoms with Crippen molar-refractivity contribution in [2.45, 2.75) is 18.0 Å². The summed E-state index contributed by atoms with van der Waals surface area (Å²) >= 11 is 1.75. The molecule has 16 heavy (non-hydrogen) atoms. The van der Waals surface area contributed by atoms with Crippen LogP contribution in [0, 0.1) is 0 Å². The van der Waals surface area contributed by atoms with Crippen LogP contribution in [0.4, 0.5) is 0 Å². The van der Waals surface area contributed by atoms with Gasteiger partial charge >= 0.3 is 0 Å². The molecule has 1 aromatic heterocycles. The van der Waals surface area contributed by atoms with Crippen LogP contribution >= 0.6 is 11.8 Å². The Morgan fingerprint density at radius 3 is 2.88 bits per heavy atom. The zero-order valence-electron chi connectivity index (χ0n) is 9.39. The van der Waals surface area contributed by atoms with Crippen LogP contribution in [-0.4, -0.2) is 27.0 Å². The molecular formula is C12H16N2OS. The summed E-state index contributed by atoms with van der Waals surface area (Å²) in [5.74, 6) is 1.01. The molecule has 3 nitrogen and oxygen atoms in total. The van der Waals surface area contributed by atoms with E-state index in [1.165, 1.54) is 5.52 Å². The maximum Gasteiger partial charge on any atom is 0.168 e. The molecule has 4 heteroatoms. The largest absolute Gasteiger partial charge is 0.396 e. The van der Waals surface area contributed by atoms with E-state index in [1.807, 2.05) is 25.2 Å². The minimum atomic E-state index is 0.281. The predicted octanol–water partition coefficient (Wildman–Crippen LogP) is 2.44. The Kier molecular flexibility index (Phi) is 3.85. The molecule has 0 saturated heterocycles. The fourth-order valence-electron chi connectivity index (χ4n) is 1.63. The second-order valence-corrected chi connectivity index (χ2v) is 4.78. The number of benzene rings is 1. The van der Waals surface area contributed by atoms with E-state index in [1.54, 1.807) is 11.8 Å². The third-order valence-corrected chi connectivity index (χ3v) is 3.65.